The molecule has 2 aliphatic rings. The fraction of sp³-hybridized carbons (Fsp3) is 0.389. The number of amides is 1. The lowest BCUT2D eigenvalue weighted by atomic mass is 10.1. The monoisotopic (exact) mass is 347 g/mol. The Morgan fingerprint density at radius 1 is 1.25 bits per heavy atom. The number of carbonyl (C=O) groups is 1. The largest absolute Gasteiger partial charge is 0.467 e. The highest BCUT2D eigenvalue weighted by atomic mass is 32.1. The molecule has 2 aromatic rings. The van der Waals surface area contributed by atoms with Crippen LogP contribution in [0.1, 0.15) is 37.7 Å². The van der Waals surface area contributed by atoms with Crippen LogP contribution >= 0.6 is 11.3 Å². The molecule has 4 nitrogen and oxygen atoms in total. The number of hydrogen-bond donors (Lipinski definition) is 1. The standard InChI is InChI=1S/C18H18FNO3S/c19-14-6-12(17-13(7-14)9-22-10-23-17)4-5-20-18(21)16-8-11-2-1-3-15(11)24-16/h6-8H,1-5,9-10H2,(H,20,21). The van der Waals surface area contributed by atoms with Crippen LogP contribution in [0, 0.1) is 5.82 Å². The molecule has 0 atom stereocenters. The zero-order chi connectivity index (χ0) is 16.5. The van der Waals surface area contributed by atoms with Crippen LogP contribution < -0.4 is 10.1 Å². The first kappa shape index (κ1) is 15.6. The van der Waals surface area contributed by atoms with Crippen LogP contribution in [0.3, 0.4) is 0 Å². The highest BCUT2D eigenvalue weighted by molar-refractivity contribution is 7.14. The second kappa shape index (κ2) is 6.53. The molecule has 0 bridgehead atoms. The predicted molar refractivity (Wildman–Crippen MR) is 89.1 cm³/mol. The lowest BCUT2D eigenvalue weighted by Crippen LogP contribution is -2.25. The van der Waals surface area contributed by atoms with E-state index in [1.165, 1.54) is 29.0 Å². The Morgan fingerprint density at radius 3 is 3.04 bits per heavy atom. The summed E-state index contributed by atoms with van der Waals surface area (Å²) in [6.45, 7) is 0.980. The number of fused-ring (bicyclic) bond motifs is 2. The molecule has 1 aliphatic carbocycles. The molecule has 0 radical (unpaired) electrons. The number of halogens is 1. The number of hydrogen-bond acceptors (Lipinski definition) is 4. The van der Waals surface area contributed by atoms with Gasteiger partial charge in [0.25, 0.3) is 5.91 Å². The molecule has 1 aromatic heterocycles. The van der Waals surface area contributed by atoms with Crippen LogP contribution in [0.15, 0.2) is 18.2 Å². The average molecular weight is 347 g/mol. The minimum absolute atomic E-state index is 0.0519. The van der Waals surface area contributed by atoms with Crippen LogP contribution in [-0.2, 0) is 30.6 Å². The molecule has 0 fully saturated rings. The van der Waals surface area contributed by atoms with Gasteiger partial charge in [0.15, 0.2) is 6.79 Å². The van der Waals surface area contributed by atoms with E-state index < -0.39 is 0 Å². The number of benzene rings is 1. The average Bonchev–Trinajstić information content (AvgIpc) is 3.16. The van der Waals surface area contributed by atoms with Crippen molar-refractivity contribution in [2.45, 2.75) is 32.3 Å². The highest BCUT2D eigenvalue weighted by Crippen LogP contribution is 2.31. The third-order valence-electron chi connectivity index (χ3n) is 4.40. The SMILES string of the molecule is O=C(NCCc1cc(F)cc2c1OCOC2)c1cc2c(s1)CCC2. The number of aryl methyl sites for hydroxylation is 2. The summed E-state index contributed by atoms with van der Waals surface area (Å²) in [6, 6.07) is 4.91. The molecule has 1 aromatic carbocycles. The number of rotatable bonds is 4. The summed E-state index contributed by atoms with van der Waals surface area (Å²) >= 11 is 1.59. The maximum absolute atomic E-state index is 13.7. The van der Waals surface area contributed by atoms with Gasteiger partial charge in [0, 0.05) is 17.0 Å². The van der Waals surface area contributed by atoms with E-state index in [1.54, 1.807) is 11.3 Å². The van der Waals surface area contributed by atoms with Crippen LogP contribution in [0.5, 0.6) is 5.75 Å². The number of nitrogens with one attached hydrogen (secondary N) is 1. The van der Waals surface area contributed by atoms with Gasteiger partial charge in [0.1, 0.15) is 11.6 Å². The summed E-state index contributed by atoms with van der Waals surface area (Å²) < 4.78 is 24.4. The van der Waals surface area contributed by atoms with Crippen molar-refractivity contribution in [1.29, 1.82) is 0 Å². The Morgan fingerprint density at radius 2 is 2.17 bits per heavy atom. The molecule has 24 heavy (non-hydrogen) atoms. The van der Waals surface area contributed by atoms with Crippen molar-refractivity contribution in [3.63, 3.8) is 0 Å². The zero-order valence-corrected chi connectivity index (χ0v) is 14.0. The first-order chi connectivity index (χ1) is 11.7. The molecule has 126 valence electrons. The van der Waals surface area contributed by atoms with Gasteiger partial charge in [-0.1, -0.05) is 0 Å². The Hall–Kier alpha value is -1.92. The Kier molecular flexibility index (Phi) is 4.24. The molecule has 1 N–H and O–H groups in total. The molecule has 1 aliphatic heterocycles. The first-order valence-electron chi connectivity index (χ1n) is 8.12. The molecular weight excluding hydrogens is 329 g/mol. The number of carbonyl (C=O) groups excluding carboxylic acids is 1. The van der Waals surface area contributed by atoms with E-state index in [9.17, 15) is 9.18 Å². The van der Waals surface area contributed by atoms with Crippen LogP contribution in [0.25, 0.3) is 0 Å². The van der Waals surface area contributed by atoms with Crippen LogP contribution in [0.2, 0.25) is 0 Å². The first-order valence-corrected chi connectivity index (χ1v) is 8.94. The lowest BCUT2D eigenvalue weighted by Gasteiger charge is -2.20. The molecule has 6 heteroatoms. The number of ether oxygens (including phenoxy) is 2. The second-order valence-electron chi connectivity index (χ2n) is 6.08. The summed E-state index contributed by atoms with van der Waals surface area (Å²) in [5.41, 5.74) is 2.80. The van der Waals surface area contributed by atoms with Crippen LogP contribution in [-0.4, -0.2) is 19.2 Å². The number of thiophene rings is 1. The maximum Gasteiger partial charge on any atom is 0.261 e. The zero-order valence-electron chi connectivity index (χ0n) is 13.2. The van der Waals surface area contributed by atoms with E-state index in [2.05, 4.69) is 5.32 Å². The Balaban J connectivity index is 1.40. The topological polar surface area (TPSA) is 47.6 Å². The van der Waals surface area contributed by atoms with Crippen LogP contribution in [0.4, 0.5) is 4.39 Å². The minimum Gasteiger partial charge on any atom is -0.467 e. The summed E-state index contributed by atoms with van der Waals surface area (Å²) in [5.74, 6) is 0.329. The van der Waals surface area contributed by atoms with Gasteiger partial charge in [-0.15, -0.1) is 11.3 Å². The molecular formula is C18H18FNO3S. The predicted octanol–water partition coefficient (Wildman–Crippen LogP) is 3.21. The van der Waals surface area contributed by atoms with Gasteiger partial charge >= 0.3 is 0 Å². The van der Waals surface area contributed by atoms with Gasteiger partial charge in [-0.2, -0.15) is 0 Å². The molecule has 0 saturated carbocycles. The summed E-state index contributed by atoms with van der Waals surface area (Å²) in [6.07, 6.45) is 3.88. The third kappa shape index (κ3) is 3.03. The van der Waals surface area contributed by atoms with Gasteiger partial charge < -0.3 is 14.8 Å². The normalized spacial score (nSPS) is 15.5. The van der Waals surface area contributed by atoms with Crippen molar-refractivity contribution < 1.29 is 18.7 Å². The van der Waals surface area contributed by atoms with Gasteiger partial charge in [0.2, 0.25) is 0 Å². The van der Waals surface area contributed by atoms with Crippen molar-refractivity contribution in [1.82, 2.24) is 5.32 Å². The van der Waals surface area contributed by atoms with E-state index in [1.807, 2.05) is 6.07 Å². The fourth-order valence-corrected chi connectivity index (χ4v) is 4.45. The molecule has 0 saturated heterocycles. The summed E-state index contributed by atoms with van der Waals surface area (Å²) in [4.78, 5) is 14.4. The molecule has 2 heterocycles. The van der Waals surface area contributed by atoms with Crippen molar-refractivity contribution in [3.8, 4) is 5.75 Å². The van der Waals surface area contributed by atoms with E-state index in [0.717, 1.165) is 28.8 Å². The molecule has 4 rings (SSSR count). The summed E-state index contributed by atoms with van der Waals surface area (Å²) in [7, 11) is 0. The Bertz CT molecular complexity index is 765. The van der Waals surface area contributed by atoms with E-state index in [0.29, 0.717) is 25.3 Å². The van der Waals surface area contributed by atoms with E-state index in [-0.39, 0.29) is 18.5 Å². The maximum atomic E-state index is 13.7. The van der Waals surface area contributed by atoms with Crippen molar-refractivity contribution in [3.05, 3.63) is 50.5 Å². The van der Waals surface area contributed by atoms with Crippen molar-refractivity contribution in [2.75, 3.05) is 13.3 Å². The third-order valence-corrected chi connectivity index (χ3v) is 5.64. The molecule has 1 amide bonds. The van der Waals surface area contributed by atoms with Gasteiger partial charge in [-0.25, -0.2) is 4.39 Å². The minimum atomic E-state index is -0.307. The van der Waals surface area contributed by atoms with Gasteiger partial charge in [-0.05, 0) is 55.0 Å². The van der Waals surface area contributed by atoms with Crippen molar-refractivity contribution >= 4 is 17.2 Å². The fourth-order valence-electron chi connectivity index (χ4n) is 3.28. The highest BCUT2D eigenvalue weighted by Gasteiger charge is 2.19. The molecule has 0 spiro atoms. The van der Waals surface area contributed by atoms with E-state index in [4.69, 9.17) is 9.47 Å². The molecule has 0 unspecified atom stereocenters. The quantitative estimate of drug-likeness (QED) is 0.924. The Labute approximate surface area is 143 Å². The van der Waals surface area contributed by atoms with Gasteiger partial charge in [0.05, 0.1) is 11.5 Å². The summed E-state index contributed by atoms with van der Waals surface area (Å²) in [5, 5.41) is 2.92. The second-order valence-corrected chi connectivity index (χ2v) is 7.22. The lowest BCUT2D eigenvalue weighted by molar-refractivity contribution is -0.0172. The van der Waals surface area contributed by atoms with Crippen molar-refractivity contribution in [2.24, 2.45) is 0 Å². The smallest absolute Gasteiger partial charge is 0.261 e. The van der Waals surface area contributed by atoms with Gasteiger partial charge in [-0.3, -0.25) is 4.79 Å². The van der Waals surface area contributed by atoms with E-state index >= 15 is 0 Å².